The second-order valence-electron chi connectivity index (χ2n) is 10.2. The van der Waals surface area contributed by atoms with Crippen molar-refractivity contribution in [3.63, 3.8) is 0 Å². The van der Waals surface area contributed by atoms with Gasteiger partial charge in [-0.05, 0) is 102 Å². The van der Waals surface area contributed by atoms with Crippen LogP contribution >= 0.6 is 0 Å². The second kappa shape index (κ2) is 8.56. The molecule has 1 aliphatic carbocycles. The van der Waals surface area contributed by atoms with Crippen molar-refractivity contribution in [3.05, 3.63) is 95.0 Å². The normalized spacial score (nSPS) is 12.9. The second-order valence-corrected chi connectivity index (χ2v) is 10.2. The van der Waals surface area contributed by atoms with Gasteiger partial charge in [0.15, 0.2) is 0 Å². The third-order valence-corrected chi connectivity index (χ3v) is 7.61. The molecule has 0 amide bonds. The first-order valence-electron chi connectivity index (χ1n) is 12.6. The largest absolute Gasteiger partial charge is 0.368 e. The quantitative estimate of drug-likeness (QED) is 0.280. The Balaban J connectivity index is 1.69. The highest BCUT2D eigenvalue weighted by molar-refractivity contribution is 6.09. The average Bonchev–Trinajstić information content (AvgIpc) is 2.87. The van der Waals surface area contributed by atoms with E-state index >= 15 is 0 Å². The van der Waals surface area contributed by atoms with Crippen molar-refractivity contribution < 1.29 is 0 Å². The van der Waals surface area contributed by atoms with E-state index in [1.54, 1.807) is 12.4 Å². The molecule has 2 heterocycles. The first-order chi connectivity index (χ1) is 17.4. The van der Waals surface area contributed by atoms with E-state index in [9.17, 15) is 0 Å². The van der Waals surface area contributed by atoms with Crippen LogP contribution in [0.5, 0.6) is 0 Å². The molecule has 5 aromatic rings. The summed E-state index contributed by atoms with van der Waals surface area (Å²) in [6, 6.07) is 13.6. The van der Waals surface area contributed by atoms with E-state index in [0.717, 1.165) is 41.5 Å². The monoisotopic (exact) mass is 470 g/mol. The molecule has 0 bridgehead atoms. The Kier molecular flexibility index (Phi) is 5.33. The number of hydrogen-bond acceptors (Lipinski definition) is 4. The predicted molar refractivity (Wildman–Crippen MR) is 150 cm³/mol. The maximum atomic E-state index is 5.74. The number of nitrogen functional groups attached to an aromatic ring is 1. The van der Waals surface area contributed by atoms with E-state index in [1.165, 1.54) is 61.5 Å². The minimum Gasteiger partial charge on any atom is -0.368 e. The van der Waals surface area contributed by atoms with Crippen LogP contribution < -0.4 is 5.73 Å². The van der Waals surface area contributed by atoms with Gasteiger partial charge in [0, 0.05) is 35.1 Å². The van der Waals surface area contributed by atoms with Gasteiger partial charge in [-0.1, -0.05) is 42.5 Å². The van der Waals surface area contributed by atoms with E-state index in [-0.39, 0.29) is 5.95 Å². The summed E-state index contributed by atoms with van der Waals surface area (Å²) in [6.07, 6.45) is 9.87. The fourth-order valence-electron chi connectivity index (χ4n) is 5.92. The zero-order chi connectivity index (χ0) is 25.0. The SMILES string of the molecule is C=C(C)Cc1c(C)cc2c(C)c(-c3cnc(N)nc3)ccc2c1-c1ccc2c3c(ccnc13)CCC2. The van der Waals surface area contributed by atoms with Crippen molar-refractivity contribution in [2.24, 2.45) is 0 Å². The lowest BCUT2D eigenvalue weighted by atomic mass is 9.82. The maximum Gasteiger partial charge on any atom is 0.219 e. The highest BCUT2D eigenvalue weighted by Gasteiger charge is 2.21. The van der Waals surface area contributed by atoms with Gasteiger partial charge in [0.05, 0.1) is 5.52 Å². The standard InChI is InChI=1S/C32H30N4/c1-18(2)14-27-19(3)15-28-20(4)24(23-16-35-32(33)36-17-23)10-11-25(28)30(27)26-9-8-21-6-5-7-22-12-13-34-31(26)29(21)22/h8-13,15-17H,1,5-7,14H2,2-4H3,(H2,33,35,36). The molecule has 0 fully saturated rings. The van der Waals surface area contributed by atoms with Gasteiger partial charge in [-0.15, -0.1) is 0 Å². The lowest BCUT2D eigenvalue weighted by Gasteiger charge is -2.23. The number of allylic oxidation sites excluding steroid dienone is 1. The molecule has 178 valence electrons. The minimum atomic E-state index is 0.287. The van der Waals surface area contributed by atoms with Crippen LogP contribution in [0.4, 0.5) is 5.95 Å². The number of anilines is 1. The van der Waals surface area contributed by atoms with Crippen molar-refractivity contribution in [1.29, 1.82) is 0 Å². The molecule has 2 aromatic heterocycles. The molecule has 0 aliphatic heterocycles. The van der Waals surface area contributed by atoms with Crippen LogP contribution in [0.25, 0.3) is 43.9 Å². The van der Waals surface area contributed by atoms with Crippen molar-refractivity contribution in [2.45, 2.75) is 46.5 Å². The molecule has 4 heteroatoms. The molecule has 0 saturated heterocycles. The lowest BCUT2D eigenvalue weighted by Crippen LogP contribution is -2.04. The van der Waals surface area contributed by atoms with E-state index in [1.807, 2.05) is 6.20 Å². The zero-order valence-corrected chi connectivity index (χ0v) is 21.2. The molecule has 6 rings (SSSR count). The number of benzene rings is 3. The molecule has 0 spiro atoms. The number of nitrogens with zero attached hydrogens (tertiary/aromatic N) is 3. The van der Waals surface area contributed by atoms with E-state index in [0.29, 0.717) is 0 Å². The Bertz CT molecular complexity index is 1670. The molecule has 3 aromatic carbocycles. The Morgan fingerprint density at radius 1 is 0.917 bits per heavy atom. The lowest BCUT2D eigenvalue weighted by molar-refractivity contribution is 0.806. The van der Waals surface area contributed by atoms with Crippen LogP contribution in [0.2, 0.25) is 0 Å². The Labute approximate surface area is 211 Å². The van der Waals surface area contributed by atoms with Gasteiger partial charge in [0.25, 0.3) is 0 Å². The number of nitrogens with two attached hydrogens (primary N) is 1. The molecule has 0 saturated carbocycles. The molecule has 4 nitrogen and oxygen atoms in total. The number of pyridine rings is 1. The fourth-order valence-corrected chi connectivity index (χ4v) is 5.92. The summed E-state index contributed by atoms with van der Waals surface area (Å²) in [5, 5.41) is 3.83. The topological polar surface area (TPSA) is 64.7 Å². The van der Waals surface area contributed by atoms with E-state index in [4.69, 9.17) is 10.7 Å². The van der Waals surface area contributed by atoms with Gasteiger partial charge in [0.1, 0.15) is 0 Å². The van der Waals surface area contributed by atoms with E-state index in [2.05, 4.69) is 73.7 Å². The number of fused-ring (bicyclic) bond motifs is 1. The average molecular weight is 471 g/mol. The number of rotatable bonds is 4. The number of aryl methyl sites for hydroxylation is 4. The van der Waals surface area contributed by atoms with Gasteiger partial charge in [-0.25, -0.2) is 9.97 Å². The predicted octanol–water partition coefficient (Wildman–Crippen LogP) is 7.32. The van der Waals surface area contributed by atoms with Gasteiger partial charge >= 0.3 is 0 Å². The molecule has 36 heavy (non-hydrogen) atoms. The van der Waals surface area contributed by atoms with E-state index < -0.39 is 0 Å². The Hall–Kier alpha value is -4.05. The summed E-state index contributed by atoms with van der Waals surface area (Å²) >= 11 is 0. The summed E-state index contributed by atoms with van der Waals surface area (Å²) in [5.41, 5.74) is 19.2. The number of hydrogen-bond donors (Lipinski definition) is 1. The molecule has 0 atom stereocenters. The highest BCUT2D eigenvalue weighted by atomic mass is 15.0. The van der Waals surface area contributed by atoms with Gasteiger partial charge in [0.2, 0.25) is 5.95 Å². The van der Waals surface area contributed by atoms with Crippen molar-refractivity contribution >= 4 is 27.6 Å². The summed E-state index contributed by atoms with van der Waals surface area (Å²) < 4.78 is 0. The van der Waals surface area contributed by atoms with Gasteiger partial charge in [-0.2, -0.15) is 0 Å². The summed E-state index contributed by atoms with van der Waals surface area (Å²) in [4.78, 5) is 13.4. The summed E-state index contributed by atoms with van der Waals surface area (Å²) in [6.45, 7) is 10.8. The van der Waals surface area contributed by atoms with Crippen molar-refractivity contribution in [2.75, 3.05) is 5.73 Å². The van der Waals surface area contributed by atoms with Crippen LogP contribution in [0, 0.1) is 13.8 Å². The summed E-state index contributed by atoms with van der Waals surface area (Å²) in [7, 11) is 0. The third-order valence-electron chi connectivity index (χ3n) is 7.61. The minimum absolute atomic E-state index is 0.287. The van der Waals surface area contributed by atoms with Crippen LogP contribution in [0.3, 0.4) is 0 Å². The molecular weight excluding hydrogens is 440 g/mol. The zero-order valence-electron chi connectivity index (χ0n) is 21.2. The fraction of sp³-hybridized carbons (Fsp3) is 0.219. The third kappa shape index (κ3) is 3.56. The van der Waals surface area contributed by atoms with Gasteiger partial charge < -0.3 is 5.73 Å². The first-order valence-corrected chi connectivity index (χ1v) is 12.6. The highest BCUT2D eigenvalue weighted by Crippen LogP contribution is 2.43. The molecule has 2 N–H and O–H groups in total. The summed E-state index contributed by atoms with van der Waals surface area (Å²) in [5.74, 6) is 0.287. The van der Waals surface area contributed by atoms with Crippen LogP contribution in [-0.2, 0) is 19.3 Å². The molecule has 0 radical (unpaired) electrons. The van der Waals surface area contributed by atoms with Gasteiger partial charge in [-0.3, -0.25) is 4.98 Å². The Morgan fingerprint density at radius 2 is 1.64 bits per heavy atom. The molecule has 1 aliphatic rings. The smallest absolute Gasteiger partial charge is 0.219 e. The van der Waals surface area contributed by atoms with Crippen molar-refractivity contribution in [1.82, 2.24) is 15.0 Å². The van der Waals surface area contributed by atoms with Crippen LogP contribution in [0.15, 0.2) is 67.1 Å². The first kappa shape index (κ1) is 22.4. The van der Waals surface area contributed by atoms with Crippen molar-refractivity contribution in [3.8, 4) is 22.3 Å². The number of aromatic nitrogens is 3. The van der Waals surface area contributed by atoms with Crippen LogP contribution in [0.1, 0.15) is 41.2 Å². The van der Waals surface area contributed by atoms with Crippen LogP contribution in [-0.4, -0.2) is 15.0 Å². The maximum absolute atomic E-state index is 5.74. The molecular formula is C32H30N4. The Morgan fingerprint density at radius 3 is 2.39 bits per heavy atom. The molecule has 0 unspecified atom stereocenters.